The first kappa shape index (κ1) is 34.1. The molecule has 0 bridgehead atoms. The van der Waals surface area contributed by atoms with E-state index in [1.165, 1.54) is 49.7 Å². The largest absolute Gasteiger partial charge is 0.390 e. The van der Waals surface area contributed by atoms with Gasteiger partial charge in [0.1, 0.15) is 0 Å². The van der Waals surface area contributed by atoms with Gasteiger partial charge in [0, 0.05) is 19.6 Å². The van der Waals surface area contributed by atoms with Crippen LogP contribution in [0.25, 0.3) is 0 Å². The Labute approximate surface area is 251 Å². The van der Waals surface area contributed by atoms with Crippen molar-refractivity contribution >= 4 is 5.91 Å². The number of amides is 1. The summed E-state index contributed by atoms with van der Waals surface area (Å²) in [5.41, 5.74) is 9.66. The molecular formula is C36H62N2O3. The molecule has 4 N–H and O–H groups in total. The molecule has 0 aliphatic heterocycles. The predicted molar refractivity (Wildman–Crippen MR) is 172 cm³/mol. The highest BCUT2D eigenvalue weighted by Gasteiger charge is 2.50. The zero-order valence-corrected chi connectivity index (χ0v) is 26.9. The number of hydrogen-bond donors (Lipinski definition) is 3. The Morgan fingerprint density at radius 1 is 1.17 bits per heavy atom. The summed E-state index contributed by atoms with van der Waals surface area (Å²) in [6.07, 6.45) is 22.2. The number of allylic oxidation sites excluding steroid dienone is 4. The van der Waals surface area contributed by atoms with E-state index in [1.54, 1.807) is 5.57 Å². The molecule has 0 aromatic rings. The van der Waals surface area contributed by atoms with Crippen LogP contribution in [0.3, 0.4) is 0 Å². The Hall–Kier alpha value is -1.43. The number of rotatable bonds is 16. The van der Waals surface area contributed by atoms with Crippen molar-refractivity contribution in [3.8, 4) is 0 Å². The quantitative estimate of drug-likeness (QED) is 0.165. The first-order chi connectivity index (χ1) is 19.5. The summed E-state index contributed by atoms with van der Waals surface area (Å²) in [5, 5.41) is 13.2. The van der Waals surface area contributed by atoms with Crippen molar-refractivity contribution in [1.82, 2.24) is 5.32 Å². The van der Waals surface area contributed by atoms with Gasteiger partial charge in [-0.2, -0.15) is 0 Å². The minimum Gasteiger partial charge on any atom is -0.390 e. The van der Waals surface area contributed by atoms with Crippen molar-refractivity contribution in [2.75, 3.05) is 19.7 Å². The summed E-state index contributed by atoms with van der Waals surface area (Å²) in [6, 6.07) is 0. The van der Waals surface area contributed by atoms with E-state index in [0.717, 1.165) is 69.6 Å². The van der Waals surface area contributed by atoms with E-state index in [1.807, 2.05) is 13.8 Å². The van der Waals surface area contributed by atoms with Crippen LogP contribution in [-0.4, -0.2) is 42.4 Å². The van der Waals surface area contributed by atoms with E-state index in [9.17, 15) is 9.90 Å². The number of carbonyl (C=O) groups is 1. The molecule has 41 heavy (non-hydrogen) atoms. The smallest absolute Gasteiger partial charge is 0.219 e. The summed E-state index contributed by atoms with van der Waals surface area (Å²) in [5.74, 6) is 2.35. The van der Waals surface area contributed by atoms with E-state index in [0.29, 0.717) is 37.5 Å². The number of fused-ring (bicyclic) bond motifs is 1. The third-order valence-electron chi connectivity index (χ3n) is 10.4. The Kier molecular flexibility index (Phi) is 13.6. The standard InChI is InChI=1S/C36H62N2O3/c1-27-15-18-31(41-25-11-24-38-34(39)14-7-6-8-23-37)26-30(27)17-16-29-13-10-22-36(5)32(19-20-33(29)36)28(2)12-9-21-35(3,4)40/h16-17,28,31-33,40H,1,6-15,18-26,37H2,2-5H3,(H,38,39)/b29-16+,30-17-/t28-,31+,32?,33?,36-/m1/s1. The fraction of sp³-hybridized carbons (Fsp3) is 0.806. The predicted octanol–water partition coefficient (Wildman–Crippen LogP) is 7.78. The van der Waals surface area contributed by atoms with Crippen LogP contribution in [0.4, 0.5) is 0 Å². The van der Waals surface area contributed by atoms with Crippen LogP contribution in [0, 0.1) is 23.2 Å². The molecule has 5 atom stereocenters. The Bertz CT molecular complexity index is 901. The molecule has 3 fully saturated rings. The highest BCUT2D eigenvalue weighted by molar-refractivity contribution is 5.75. The van der Waals surface area contributed by atoms with Gasteiger partial charge >= 0.3 is 0 Å². The summed E-state index contributed by atoms with van der Waals surface area (Å²) in [4.78, 5) is 12.0. The zero-order chi connectivity index (χ0) is 29.9. The van der Waals surface area contributed by atoms with Crippen LogP contribution in [0.1, 0.15) is 130 Å². The van der Waals surface area contributed by atoms with Gasteiger partial charge in [-0.1, -0.05) is 63.0 Å². The molecule has 0 radical (unpaired) electrons. The van der Waals surface area contributed by atoms with Crippen molar-refractivity contribution in [2.24, 2.45) is 28.9 Å². The normalized spacial score (nSPS) is 29.6. The van der Waals surface area contributed by atoms with Crippen molar-refractivity contribution in [1.29, 1.82) is 0 Å². The number of ether oxygens (including phenoxy) is 1. The number of aliphatic hydroxyl groups is 1. The Morgan fingerprint density at radius 2 is 1.98 bits per heavy atom. The molecule has 3 rings (SSSR count). The average Bonchev–Trinajstić information content (AvgIpc) is 3.28. The van der Waals surface area contributed by atoms with Crippen molar-refractivity contribution < 1.29 is 14.6 Å². The van der Waals surface area contributed by atoms with E-state index in [2.05, 4.69) is 37.9 Å². The highest BCUT2D eigenvalue weighted by Crippen LogP contribution is 2.60. The lowest BCUT2D eigenvalue weighted by molar-refractivity contribution is -0.121. The molecule has 0 aromatic carbocycles. The van der Waals surface area contributed by atoms with Gasteiger partial charge in [-0.25, -0.2) is 0 Å². The van der Waals surface area contributed by atoms with Crippen LogP contribution in [0.5, 0.6) is 0 Å². The summed E-state index contributed by atoms with van der Waals surface area (Å²) < 4.78 is 6.24. The molecule has 2 unspecified atom stereocenters. The van der Waals surface area contributed by atoms with E-state index < -0.39 is 5.60 Å². The van der Waals surface area contributed by atoms with Gasteiger partial charge in [0.25, 0.3) is 0 Å². The Morgan fingerprint density at radius 3 is 2.73 bits per heavy atom. The molecule has 1 amide bonds. The number of nitrogens with one attached hydrogen (secondary N) is 1. The van der Waals surface area contributed by atoms with Gasteiger partial charge in [-0.15, -0.1) is 0 Å². The SMILES string of the molecule is C=C1CC[C@H](OCCCNC(=O)CCCCCN)C/C1=C/C=C1\CCC[C@@]2(C)C1CCC2[C@H](C)CCCC(C)(C)O. The van der Waals surface area contributed by atoms with Crippen molar-refractivity contribution in [3.63, 3.8) is 0 Å². The number of nitrogens with two attached hydrogens (primary N) is 1. The molecule has 5 heteroatoms. The van der Waals surface area contributed by atoms with Gasteiger partial charge in [0.2, 0.25) is 5.91 Å². The summed E-state index contributed by atoms with van der Waals surface area (Å²) in [6.45, 7) is 15.4. The summed E-state index contributed by atoms with van der Waals surface area (Å²) >= 11 is 0. The van der Waals surface area contributed by atoms with Crippen molar-refractivity contribution in [3.05, 3.63) is 35.5 Å². The lowest BCUT2D eigenvalue weighted by atomic mass is 9.60. The van der Waals surface area contributed by atoms with E-state index in [4.69, 9.17) is 10.5 Å². The van der Waals surface area contributed by atoms with Crippen LogP contribution in [-0.2, 0) is 9.53 Å². The molecule has 0 spiro atoms. The molecule has 3 aliphatic rings. The number of unbranched alkanes of at least 4 members (excludes halogenated alkanes) is 2. The minimum atomic E-state index is -0.550. The first-order valence-corrected chi connectivity index (χ1v) is 16.9. The molecular weight excluding hydrogens is 508 g/mol. The van der Waals surface area contributed by atoms with Gasteiger partial charge in [0.15, 0.2) is 0 Å². The van der Waals surface area contributed by atoms with E-state index >= 15 is 0 Å². The second-order valence-corrected chi connectivity index (χ2v) is 14.4. The molecule has 3 aliphatic carbocycles. The van der Waals surface area contributed by atoms with Gasteiger partial charge in [-0.05, 0) is 126 Å². The fourth-order valence-electron chi connectivity index (χ4n) is 8.04. The summed E-state index contributed by atoms with van der Waals surface area (Å²) in [7, 11) is 0. The van der Waals surface area contributed by atoms with Gasteiger partial charge in [0.05, 0.1) is 11.7 Å². The van der Waals surface area contributed by atoms with E-state index in [-0.39, 0.29) is 12.0 Å². The fourth-order valence-corrected chi connectivity index (χ4v) is 8.04. The number of carbonyl (C=O) groups excluding carboxylic acids is 1. The first-order valence-electron chi connectivity index (χ1n) is 16.9. The van der Waals surface area contributed by atoms with Crippen molar-refractivity contribution in [2.45, 2.75) is 142 Å². The zero-order valence-electron chi connectivity index (χ0n) is 26.9. The minimum absolute atomic E-state index is 0.141. The van der Waals surface area contributed by atoms with Crippen LogP contribution < -0.4 is 11.1 Å². The maximum Gasteiger partial charge on any atom is 0.219 e. The maximum atomic E-state index is 12.0. The lowest BCUT2D eigenvalue weighted by Crippen LogP contribution is -2.36. The third kappa shape index (κ3) is 10.7. The Balaban J connectivity index is 1.47. The molecule has 0 aromatic heterocycles. The molecule has 0 saturated heterocycles. The number of hydrogen-bond acceptors (Lipinski definition) is 4. The monoisotopic (exact) mass is 570 g/mol. The van der Waals surface area contributed by atoms with Crippen LogP contribution in [0.2, 0.25) is 0 Å². The molecule has 5 nitrogen and oxygen atoms in total. The molecule has 3 saturated carbocycles. The third-order valence-corrected chi connectivity index (χ3v) is 10.4. The molecule has 0 heterocycles. The highest BCUT2D eigenvalue weighted by atomic mass is 16.5. The van der Waals surface area contributed by atoms with Crippen LogP contribution in [0.15, 0.2) is 35.5 Å². The van der Waals surface area contributed by atoms with Crippen LogP contribution >= 0.6 is 0 Å². The topological polar surface area (TPSA) is 84.6 Å². The second-order valence-electron chi connectivity index (χ2n) is 14.4. The average molecular weight is 571 g/mol. The molecule has 234 valence electrons. The lowest BCUT2D eigenvalue weighted by Gasteiger charge is -2.44. The van der Waals surface area contributed by atoms with Gasteiger partial charge < -0.3 is 20.9 Å². The van der Waals surface area contributed by atoms with Gasteiger partial charge in [-0.3, -0.25) is 4.79 Å². The second kappa shape index (κ2) is 16.4. The maximum absolute atomic E-state index is 12.0.